The molecule has 1 heterocycles. The molecule has 0 aliphatic carbocycles. The van der Waals surface area contributed by atoms with Crippen molar-refractivity contribution >= 4 is 5.78 Å². The van der Waals surface area contributed by atoms with E-state index in [0.29, 0.717) is 11.4 Å². The van der Waals surface area contributed by atoms with E-state index in [9.17, 15) is 9.90 Å². The predicted molar refractivity (Wildman–Crippen MR) is 70.0 cm³/mol. The average Bonchev–Trinajstić information content (AvgIpc) is 2.87. The first-order valence-corrected chi connectivity index (χ1v) is 6.00. The maximum Gasteiger partial charge on any atom is 0.228 e. The van der Waals surface area contributed by atoms with Gasteiger partial charge in [-0.3, -0.25) is 4.79 Å². The lowest BCUT2D eigenvalue weighted by atomic mass is 10.1. The number of benzene rings is 1. The summed E-state index contributed by atoms with van der Waals surface area (Å²) in [5.41, 5.74) is 0.580. The molecule has 1 atom stereocenters. The van der Waals surface area contributed by atoms with Crippen LogP contribution in [0, 0.1) is 0 Å². The van der Waals surface area contributed by atoms with E-state index in [1.165, 1.54) is 7.11 Å². The maximum absolute atomic E-state index is 12.3. The molecular formula is C14H16N2O3. The molecule has 5 nitrogen and oxygen atoms in total. The molecule has 0 aliphatic heterocycles. The number of rotatable bonds is 6. The van der Waals surface area contributed by atoms with Gasteiger partial charge in [0.25, 0.3) is 0 Å². The third-order valence-corrected chi connectivity index (χ3v) is 2.72. The molecule has 2 aromatic rings. The van der Waals surface area contributed by atoms with Crippen LogP contribution in [0.2, 0.25) is 0 Å². The quantitative estimate of drug-likeness (QED) is 0.791. The first-order chi connectivity index (χ1) is 9.22. The Kier molecular flexibility index (Phi) is 4.43. The number of carbonyl (C=O) groups is 1. The Bertz CT molecular complexity index is 537. The van der Waals surface area contributed by atoms with Gasteiger partial charge in [0.1, 0.15) is 0 Å². The highest BCUT2D eigenvalue weighted by Gasteiger charge is 2.16. The Morgan fingerprint density at radius 1 is 1.42 bits per heavy atom. The van der Waals surface area contributed by atoms with Crippen molar-refractivity contribution in [2.75, 3.05) is 13.7 Å². The van der Waals surface area contributed by atoms with Crippen LogP contribution in [0.25, 0.3) is 0 Å². The lowest BCUT2D eigenvalue weighted by Crippen LogP contribution is -2.23. The smallest absolute Gasteiger partial charge is 0.228 e. The van der Waals surface area contributed by atoms with Gasteiger partial charge >= 0.3 is 0 Å². The fourth-order valence-corrected chi connectivity index (χ4v) is 1.86. The molecule has 0 unspecified atom stereocenters. The van der Waals surface area contributed by atoms with E-state index in [-0.39, 0.29) is 18.9 Å². The van der Waals surface area contributed by atoms with E-state index in [2.05, 4.69) is 4.98 Å². The summed E-state index contributed by atoms with van der Waals surface area (Å²) in [6.45, 7) is 0.499. The van der Waals surface area contributed by atoms with Crippen LogP contribution in [0.3, 0.4) is 0 Å². The number of nitrogens with zero attached hydrogens (tertiary/aromatic N) is 2. The topological polar surface area (TPSA) is 64.3 Å². The summed E-state index contributed by atoms with van der Waals surface area (Å²) in [5, 5.41) is 9.71. The molecule has 0 amide bonds. The largest absolute Gasteiger partial charge is 0.389 e. The standard InChI is InChI=1S/C14H16N2O3/c1-19-10-12(17)9-16-8-7-15-14(16)13(18)11-5-3-2-4-6-11/h2-8,12,17H,9-10H2,1H3/t12-/m0/s1. The Morgan fingerprint density at radius 2 is 2.16 bits per heavy atom. The van der Waals surface area contributed by atoms with E-state index in [1.54, 1.807) is 41.2 Å². The highest BCUT2D eigenvalue weighted by Crippen LogP contribution is 2.09. The van der Waals surface area contributed by atoms with E-state index in [4.69, 9.17) is 4.74 Å². The normalized spacial score (nSPS) is 12.3. The van der Waals surface area contributed by atoms with Gasteiger partial charge in [-0.05, 0) is 0 Å². The van der Waals surface area contributed by atoms with Crippen molar-refractivity contribution in [3.05, 3.63) is 54.1 Å². The zero-order chi connectivity index (χ0) is 13.7. The molecule has 1 aromatic carbocycles. The average molecular weight is 260 g/mol. The lowest BCUT2D eigenvalue weighted by Gasteiger charge is -2.12. The van der Waals surface area contributed by atoms with Gasteiger partial charge in [0.05, 0.1) is 19.3 Å². The summed E-state index contributed by atoms with van der Waals surface area (Å²) < 4.78 is 6.51. The minimum atomic E-state index is -0.665. The summed E-state index contributed by atoms with van der Waals surface area (Å²) in [6, 6.07) is 8.95. The van der Waals surface area contributed by atoms with Crippen LogP contribution >= 0.6 is 0 Å². The number of ketones is 1. The molecule has 0 aliphatic rings. The van der Waals surface area contributed by atoms with Gasteiger partial charge in [-0.25, -0.2) is 4.98 Å². The van der Waals surface area contributed by atoms with Gasteiger partial charge in [-0.2, -0.15) is 0 Å². The van der Waals surface area contributed by atoms with Crippen molar-refractivity contribution in [2.24, 2.45) is 0 Å². The van der Waals surface area contributed by atoms with Crippen molar-refractivity contribution in [1.82, 2.24) is 9.55 Å². The SMILES string of the molecule is COC[C@@H](O)Cn1ccnc1C(=O)c1ccccc1. The fourth-order valence-electron chi connectivity index (χ4n) is 1.86. The highest BCUT2D eigenvalue weighted by atomic mass is 16.5. The molecule has 100 valence electrons. The summed E-state index contributed by atoms with van der Waals surface area (Å²) >= 11 is 0. The highest BCUT2D eigenvalue weighted by molar-refractivity contribution is 6.06. The van der Waals surface area contributed by atoms with Gasteiger partial charge in [-0.1, -0.05) is 30.3 Å². The monoisotopic (exact) mass is 260 g/mol. The van der Waals surface area contributed by atoms with Crippen LogP contribution in [-0.4, -0.2) is 40.3 Å². The van der Waals surface area contributed by atoms with Crippen molar-refractivity contribution < 1.29 is 14.6 Å². The molecule has 0 saturated carbocycles. The molecule has 5 heteroatoms. The lowest BCUT2D eigenvalue weighted by molar-refractivity contribution is 0.0530. The van der Waals surface area contributed by atoms with Crippen LogP contribution in [0.5, 0.6) is 0 Å². The first-order valence-electron chi connectivity index (χ1n) is 6.00. The second-order valence-electron chi connectivity index (χ2n) is 4.21. The summed E-state index contributed by atoms with van der Waals surface area (Å²) in [4.78, 5) is 16.3. The number of carbonyl (C=O) groups excluding carboxylic acids is 1. The molecule has 1 N–H and O–H groups in total. The van der Waals surface area contributed by atoms with Crippen molar-refractivity contribution in [3.8, 4) is 0 Å². The summed E-state index contributed by atoms with van der Waals surface area (Å²) in [7, 11) is 1.52. The van der Waals surface area contributed by atoms with E-state index in [1.807, 2.05) is 6.07 Å². The number of ether oxygens (including phenoxy) is 1. The van der Waals surface area contributed by atoms with Crippen LogP contribution in [0.4, 0.5) is 0 Å². The number of aliphatic hydroxyl groups is 1. The molecule has 0 bridgehead atoms. The molecule has 2 rings (SSSR count). The zero-order valence-corrected chi connectivity index (χ0v) is 10.7. The maximum atomic E-state index is 12.3. The van der Waals surface area contributed by atoms with Crippen molar-refractivity contribution in [2.45, 2.75) is 12.6 Å². The Labute approximate surface area is 111 Å². The molecule has 19 heavy (non-hydrogen) atoms. The third-order valence-electron chi connectivity index (χ3n) is 2.72. The van der Waals surface area contributed by atoms with Crippen LogP contribution in [-0.2, 0) is 11.3 Å². The zero-order valence-electron chi connectivity index (χ0n) is 10.7. The second-order valence-corrected chi connectivity index (χ2v) is 4.21. The Balaban J connectivity index is 2.18. The first kappa shape index (κ1) is 13.5. The number of hydrogen-bond acceptors (Lipinski definition) is 4. The van der Waals surface area contributed by atoms with Crippen LogP contribution in [0.1, 0.15) is 16.2 Å². The van der Waals surface area contributed by atoms with Gasteiger partial charge in [0.15, 0.2) is 5.82 Å². The van der Waals surface area contributed by atoms with Gasteiger partial charge in [0.2, 0.25) is 5.78 Å². The van der Waals surface area contributed by atoms with E-state index < -0.39 is 6.10 Å². The van der Waals surface area contributed by atoms with E-state index in [0.717, 1.165) is 0 Å². The predicted octanol–water partition coefficient (Wildman–Crippen LogP) is 1.12. The number of aromatic nitrogens is 2. The molecule has 0 radical (unpaired) electrons. The molecule has 1 aromatic heterocycles. The van der Waals surface area contributed by atoms with Crippen LogP contribution < -0.4 is 0 Å². The van der Waals surface area contributed by atoms with Crippen molar-refractivity contribution in [3.63, 3.8) is 0 Å². The number of aliphatic hydroxyl groups excluding tert-OH is 1. The van der Waals surface area contributed by atoms with Gasteiger partial charge in [0, 0.05) is 25.1 Å². The molecule has 0 spiro atoms. The molecule has 0 saturated heterocycles. The van der Waals surface area contributed by atoms with Gasteiger partial charge in [-0.15, -0.1) is 0 Å². The number of hydrogen-bond donors (Lipinski definition) is 1. The molecule has 0 fully saturated rings. The number of methoxy groups -OCH3 is 1. The third kappa shape index (κ3) is 3.27. The van der Waals surface area contributed by atoms with Gasteiger partial charge < -0.3 is 14.4 Å². The van der Waals surface area contributed by atoms with Crippen molar-refractivity contribution in [1.29, 1.82) is 0 Å². The number of imidazole rings is 1. The van der Waals surface area contributed by atoms with E-state index >= 15 is 0 Å². The second kappa shape index (κ2) is 6.26. The Morgan fingerprint density at radius 3 is 2.84 bits per heavy atom. The Hall–Kier alpha value is -1.98. The minimum absolute atomic E-state index is 0.157. The molecular weight excluding hydrogens is 244 g/mol. The minimum Gasteiger partial charge on any atom is -0.389 e. The fraction of sp³-hybridized carbons (Fsp3) is 0.286. The van der Waals surface area contributed by atoms with Crippen LogP contribution in [0.15, 0.2) is 42.7 Å². The summed E-state index contributed by atoms with van der Waals surface area (Å²) in [5.74, 6) is 0.163. The summed E-state index contributed by atoms with van der Waals surface area (Å²) in [6.07, 6.45) is 2.56.